The minimum atomic E-state index is -3.69. The van der Waals surface area contributed by atoms with Crippen molar-refractivity contribution < 1.29 is 21.6 Å². The van der Waals surface area contributed by atoms with Crippen molar-refractivity contribution in [1.29, 1.82) is 0 Å². The lowest BCUT2D eigenvalue weighted by Gasteiger charge is -2.33. The highest BCUT2D eigenvalue weighted by Gasteiger charge is 2.45. The van der Waals surface area contributed by atoms with Crippen molar-refractivity contribution in [2.24, 2.45) is 17.3 Å². The number of rotatable bonds is 7. The minimum absolute atomic E-state index is 0.00753. The summed E-state index contributed by atoms with van der Waals surface area (Å²) in [5, 5.41) is 0. The summed E-state index contributed by atoms with van der Waals surface area (Å²) >= 11 is 0. The lowest BCUT2D eigenvalue weighted by atomic mass is 9.75. The molecule has 192 valence electrons. The molecule has 2 fully saturated rings. The topological polar surface area (TPSA) is 91.8 Å². The first-order chi connectivity index (χ1) is 15.7. The van der Waals surface area contributed by atoms with Crippen LogP contribution in [0.1, 0.15) is 65.9 Å². The zero-order chi connectivity index (χ0) is 25.4. The third kappa shape index (κ3) is 5.74. The number of aldehydes is 1. The van der Waals surface area contributed by atoms with E-state index in [2.05, 4.69) is 34.6 Å². The van der Waals surface area contributed by atoms with Crippen LogP contribution >= 0.6 is 0 Å². The molecule has 0 N–H and O–H groups in total. The molecule has 0 spiro atoms. The standard InChI is InChI=1S/C25H40N2O5S2/c1-24(2,3)20-9-11-23(12-10-20)34(31,32)27-15-6-14-26(16-17-27)33(29,30)19-22-8-7-21(13-18-28)25(22,4)5/h9-12,18,21-22H,6-8,13-17,19H2,1-5H3. The molecular weight excluding hydrogens is 472 g/mol. The first kappa shape index (κ1) is 27.3. The molecule has 34 heavy (non-hydrogen) atoms. The van der Waals surface area contributed by atoms with E-state index in [1.54, 1.807) is 12.1 Å². The van der Waals surface area contributed by atoms with Gasteiger partial charge in [0.1, 0.15) is 6.29 Å². The highest BCUT2D eigenvalue weighted by molar-refractivity contribution is 7.89. The predicted octanol–water partition coefficient (Wildman–Crippen LogP) is 3.65. The Labute approximate surface area is 206 Å². The quantitative estimate of drug-likeness (QED) is 0.520. The molecule has 0 bridgehead atoms. The van der Waals surface area contributed by atoms with E-state index in [0.29, 0.717) is 25.9 Å². The van der Waals surface area contributed by atoms with Gasteiger partial charge in [-0.1, -0.05) is 46.8 Å². The summed E-state index contributed by atoms with van der Waals surface area (Å²) < 4.78 is 56.0. The summed E-state index contributed by atoms with van der Waals surface area (Å²) in [6, 6.07) is 6.99. The number of benzene rings is 1. The van der Waals surface area contributed by atoms with E-state index >= 15 is 0 Å². The Kier molecular flexibility index (Phi) is 8.02. The van der Waals surface area contributed by atoms with Gasteiger partial charge in [-0.25, -0.2) is 21.1 Å². The van der Waals surface area contributed by atoms with E-state index < -0.39 is 20.0 Å². The summed E-state index contributed by atoms with van der Waals surface area (Å²) in [5.74, 6) is 0.252. The Hall–Kier alpha value is -1.29. The van der Waals surface area contributed by atoms with E-state index in [-0.39, 0.29) is 46.4 Å². The predicted molar refractivity (Wildman–Crippen MR) is 135 cm³/mol. The second-order valence-electron chi connectivity index (χ2n) is 11.4. The van der Waals surface area contributed by atoms with Crippen LogP contribution in [0.4, 0.5) is 0 Å². The fraction of sp³-hybridized carbons (Fsp3) is 0.720. The van der Waals surface area contributed by atoms with Gasteiger partial charge < -0.3 is 4.79 Å². The maximum Gasteiger partial charge on any atom is 0.243 e. The largest absolute Gasteiger partial charge is 0.303 e. The normalized spacial score (nSPS) is 25.2. The van der Waals surface area contributed by atoms with E-state index in [1.165, 1.54) is 8.61 Å². The van der Waals surface area contributed by atoms with E-state index in [9.17, 15) is 21.6 Å². The van der Waals surface area contributed by atoms with Gasteiger partial charge in [0.2, 0.25) is 20.0 Å². The summed E-state index contributed by atoms with van der Waals surface area (Å²) in [6.07, 6.45) is 3.52. The smallest absolute Gasteiger partial charge is 0.243 e. The van der Waals surface area contributed by atoms with Crippen LogP contribution < -0.4 is 0 Å². The van der Waals surface area contributed by atoms with Gasteiger partial charge in [0.15, 0.2) is 0 Å². The van der Waals surface area contributed by atoms with Crippen LogP contribution in [0, 0.1) is 17.3 Å². The molecule has 0 amide bonds. The maximum absolute atomic E-state index is 13.3. The van der Waals surface area contributed by atoms with Crippen LogP contribution in [0.3, 0.4) is 0 Å². The first-order valence-corrected chi connectivity index (χ1v) is 15.3. The average Bonchev–Trinajstić information content (AvgIpc) is 2.92. The lowest BCUT2D eigenvalue weighted by molar-refractivity contribution is -0.109. The number of hydrogen-bond donors (Lipinski definition) is 0. The minimum Gasteiger partial charge on any atom is -0.303 e. The van der Waals surface area contributed by atoms with Crippen molar-refractivity contribution in [3.05, 3.63) is 29.8 Å². The monoisotopic (exact) mass is 512 g/mol. The Morgan fingerprint density at radius 2 is 1.47 bits per heavy atom. The highest BCUT2D eigenvalue weighted by atomic mass is 32.2. The molecule has 1 aliphatic heterocycles. The van der Waals surface area contributed by atoms with E-state index in [0.717, 1.165) is 24.7 Å². The fourth-order valence-electron chi connectivity index (χ4n) is 5.34. The van der Waals surface area contributed by atoms with E-state index in [4.69, 9.17) is 0 Å². The zero-order valence-electron chi connectivity index (χ0n) is 21.2. The molecule has 7 nitrogen and oxygen atoms in total. The molecular formula is C25H40N2O5S2. The Bertz CT molecular complexity index is 1070. The number of nitrogens with zero attached hydrogens (tertiary/aromatic N) is 2. The van der Waals surface area contributed by atoms with Crippen LogP contribution in [0.15, 0.2) is 29.2 Å². The van der Waals surface area contributed by atoms with Crippen LogP contribution in [0.5, 0.6) is 0 Å². The molecule has 1 saturated carbocycles. The van der Waals surface area contributed by atoms with Crippen LogP contribution in [-0.4, -0.2) is 63.7 Å². The van der Waals surface area contributed by atoms with E-state index in [1.807, 2.05) is 12.1 Å². The molecule has 1 heterocycles. The fourth-order valence-corrected chi connectivity index (χ4v) is 8.89. The van der Waals surface area contributed by atoms with Crippen LogP contribution in [0.25, 0.3) is 0 Å². The second kappa shape index (κ2) is 9.99. The molecule has 3 rings (SSSR count). The average molecular weight is 513 g/mol. The molecule has 2 unspecified atom stereocenters. The highest BCUT2D eigenvalue weighted by Crippen LogP contribution is 2.49. The van der Waals surface area contributed by atoms with Crippen molar-refractivity contribution in [1.82, 2.24) is 8.61 Å². The molecule has 1 aromatic carbocycles. The first-order valence-electron chi connectivity index (χ1n) is 12.2. The van der Waals surface area contributed by atoms with Gasteiger partial charge in [0.25, 0.3) is 0 Å². The maximum atomic E-state index is 13.3. The molecule has 0 radical (unpaired) electrons. The number of carbonyl (C=O) groups excluding carboxylic acids is 1. The number of sulfonamides is 2. The van der Waals surface area contributed by atoms with Crippen LogP contribution in [0.2, 0.25) is 0 Å². The molecule has 1 aromatic rings. The van der Waals surface area contributed by atoms with Gasteiger partial charge in [-0.15, -0.1) is 0 Å². The van der Waals surface area contributed by atoms with Crippen LogP contribution in [-0.2, 0) is 30.3 Å². The number of carbonyl (C=O) groups is 1. The Balaban J connectivity index is 1.69. The van der Waals surface area contributed by atoms with Gasteiger partial charge in [-0.2, -0.15) is 4.31 Å². The third-order valence-electron chi connectivity index (χ3n) is 7.93. The van der Waals surface area contributed by atoms with Crippen molar-refractivity contribution in [2.75, 3.05) is 31.9 Å². The van der Waals surface area contributed by atoms with Gasteiger partial charge in [-0.05, 0) is 59.6 Å². The summed E-state index contributed by atoms with van der Waals surface area (Å²) in [4.78, 5) is 11.3. The molecule has 1 aliphatic carbocycles. The SMILES string of the molecule is CC(C)(C)c1ccc(S(=O)(=O)N2CCCN(S(=O)(=O)CC3CCC(CC=O)C3(C)C)CC2)cc1. The molecule has 1 saturated heterocycles. The molecule has 0 aromatic heterocycles. The number of hydrogen-bond acceptors (Lipinski definition) is 5. The Morgan fingerprint density at radius 3 is 2.06 bits per heavy atom. The lowest BCUT2D eigenvalue weighted by Crippen LogP contribution is -2.41. The van der Waals surface area contributed by atoms with Crippen molar-refractivity contribution in [3.8, 4) is 0 Å². The summed E-state index contributed by atoms with van der Waals surface area (Å²) in [6.45, 7) is 11.3. The molecule has 2 aliphatic rings. The summed E-state index contributed by atoms with van der Waals surface area (Å²) in [7, 11) is -7.22. The zero-order valence-corrected chi connectivity index (χ0v) is 22.8. The molecule has 9 heteroatoms. The van der Waals surface area contributed by atoms with Gasteiger partial charge in [-0.3, -0.25) is 0 Å². The van der Waals surface area contributed by atoms with Crippen molar-refractivity contribution >= 4 is 26.3 Å². The van der Waals surface area contributed by atoms with Crippen molar-refractivity contribution in [2.45, 2.75) is 70.6 Å². The Morgan fingerprint density at radius 1 is 0.912 bits per heavy atom. The van der Waals surface area contributed by atoms with Gasteiger partial charge in [0.05, 0.1) is 10.6 Å². The van der Waals surface area contributed by atoms with Gasteiger partial charge in [0, 0.05) is 32.6 Å². The third-order valence-corrected chi connectivity index (χ3v) is 11.8. The van der Waals surface area contributed by atoms with Gasteiger partial charge >= 0.3 is 0 Å². The molecule has 2 atom stereocenters. The summed E-state index contributed by atoms with van der Waals surface area (Å²) in [5.41, 5.74) is 0.778. The van der Waals surface area contributed by atoms with Crippen molar-refractivity contribution in [3.63, 3.8) is 0 Å². The second-order valence-corrected chi connectivity index (χ2v) is 15.4.